The number of nitrogens with one attached hydrogen (secondary N) is 2. The fourth-order valence-corrected chi connectivity index (χ4v) is 2.09. The second-order valence-electron chi connectivity index (χ2n) is 5.40. The third-order valence-electron chi connectivity index (χ3n) is 3.30. The smallest absolute Gasteiger partial charge is 0.239 e. The average molecular weight is 265 g/mol. The first-order chi connectivity index (χ1) is 9.06. The molecule has 19 heavy (non-hydrogen) atoms. The molecule has 2 N–H and O–H groups in total. The fraction of sp³-hybridized carbons (Fsp3) is 0.667. The summed E-state index contributed by atoms with van der Waals surface area (Å²) in [6.07, 6.45) is 6.09. The summed E-state index contributed by atoms with van der Waals surface area (Å²) >= 11 is 0. The van der Waals surface area contributed by atoms with Crippen LogP contribution in [0.4, 0.5) is 0 Å². The Labute approximate surface area is 116 Å². The Bertz CT molecular complexity index is 380. The van der Waals surface area contributed by atoms with Gasteiger partial charge >= 0.3 is 0 Å². The summed E-state index contributed by atoms with van der Waals surface area (Å²) < 4.78 is 1.94. The predicted molar refractivity (Wildman–Crippen MR) is 79.0 cm³/mol. The first kappa shape index (κ1) is 15.8. The van der Waals surface area contributed by atoms with Gasteiger partial charge in [0.2, 0.25) is 5.91 Å². The highest BCUT2D eigenvalue weighted by Crippen LogP contribution is 2.15. The van der Waals surface area contributed by atoms with Crippen molar-refractivity contribution in [1.82, 2.24) is 15.2 Å². The summed E-state index contributed by atoms with van der Waals surface area (Å²) in [5.41, 5.74) is 1.24. The third-order valence-corrected chi connectivity index (χ3v) is 3.30. The van der Waals surface area contributed by atoms with Gasteiger partial charge in [0.25, 0.3) is 0 Å². The molecule has 1 atom stereocenters. The van der Waals surface area contributed by atoms with Gasteiger partial charge in [-0.2, -0.15) is 0 Å². The molecule has 4 heteroatoms. The summed E-state index contributed by atoms with van der Waals surface area (Å²) in [6, 6.07) is 2.44. The molecule has 0 aliphatic rings. The Morgan fingerprint density at radius 3 is 2.74 bits per heavy atom. The lowest BCUT2D eigenvalue weighted by atomic mass is 10.1. The molecule has 0 saturated carbocycles. The van der Waals surface area contributed by atoms with Gasteiger partial charge in [-0.25, -0.2) is 0 Å². The van der Waals surface area contributed by atoms with Crippen LogP contribution in [0.5, 0.6) is 0 Å². The summed E-state index contributed by atoms with van der Waals surface area (Å²) in [4.78, 5) is 11.8. The number of nitrogens with zero attached hydrogens (tertiary/aromatic N) is 1. The van der Waals surface area contributed by atoms with E-state index in [1.165, 1.54) is 5.56 Å². The van der Waals surface area contributed by atoms with Crippen LogP contribution in [-0.4, -0.2) is 24.1 Å². The number of aromatic nitrogens is 1. The van der Waals surface area contributed by atoms with Crippen molar-refractivity contribution in [1.29, 1.82) is 0 Å². The Morgan fingerprint density at radius 2 is 2.16 bits per heavy atom. The molecule has 0 fully saturated rings. The molecule has 1 amide bonds. The van der Waals surface area contributed by atoms with Crippen molar-refractivity contribution in [2.24, 2.45) is 5.92 Å². The lowest BCUT2D eigenvalue weighted by Gasteiger charge is -2.11. The van der Waals surface area contributed by atoms with Gasteiger partial charge < -0.3 is 15.2 Å². The van der Waals surface area contributed by atoms with Crippen LogP contribution in [0.1, 0.15) is 45.2 Å². The summed E-state index contributed by atoms with van der Waals surface area (Å²) in [5, 5.41) is 6.22. The highest BCUT2D eigenvalue weighted by Gasteiger charge is 2.09. The molecular weight excluding hydrogens is 238 g/mol. The van der Waals surface area contributed by atoms with E-state index in [4.69, 9.17) is 0 Å². The Morgan fingerprint density at radius 1 is 1.42 bits per heavy atom. The van der Waals surface area contributed by atoms with Gasteiger partial charge in [-0.3, -0.25) is 4.79 Å². The maximum absolute atomic E-state index is 11.8. The molecule has 1 unspecified atom stereocenters. The van der Waals surface area contributed by atoms with Crippen molar-refractivity contribution in [2.45, 2.75) is 46.2 Å². The van der Waals surface area contributed by atoms with Crippen LogP contribution in [0.15, 0.2) is 18.5 Å². The molecule has 0 radical (unpaired) electrons. The van der Waals surface area contributed by atoms with E-state index in [9.17, 15) is 4.79 Å². The van der Waals surface area contributed by atoms with Gasteiger partial charge in [0, 0.05) is 25.0 Å². The summed E-state index contributed by atoms with van der Waals surface area (Å²) in [5.74, 6) is 0.708. The molecule has 0 aliphatic carbocycles. The van der Waals surface area contributed by atoms with Gasteiger partial charge in [0.05, 0.1) is 0 Å². The van der Waals surface area contributed by atoms with Gasteiger partial charge in [-0.1, -0.05) is 20.8 Å². The topological polar surface area (TPSA) is 46.1 Å². The third kappa shape index (κ3) is 5.47. The van der Waals surface area contributed by atoms with Crippen molar-refractivity contribution in [2.75, 3.05) is 13.6 Å². The minimum Gasteiger partial charge on any atom is -0.355 e. The van der Waals surface area contributed by atoms with Crippen LogP contribution in [0, 0.1) is 5.92 Å². The standard InChI is InChI=1S/C15H27N3O/c1-5-14(16-4)13-7-9-18(10-13)11-15(19)17-8-6-12(2)3/h7,9-10,12,14,16H,5-6,8,11H2,1-4H3,(H,17,19). The molecule has 0 aromatic carbocycles. The minimum absolute atomic E-state index is 0.0836. The Kier molecular flexibility index (Phi) is 6.64. The normalized spacial score (nSPS) is 12.7. The minimum atomic E-state index is 0.0836. The summed E-state index contributed by atoms with van der Waals surface area (Å²) in [6.45, 7) is 7.63. The maximum atomic E-state index is 11.8. The van der Waals surface area contributed by atoms with Gasteiger partial charge in [0.1, 0.15) is 6.54 Å². The van der Waals surface area contributed by atoms with E-state index < -0.39 is 0 Å². The van der Waals surface area contributed by atoms with Crippen LogP contribution < -0.4 is 10.6 Å². The van der Waals surface area contributed by atoms with E-state index in [0.29, 0.717) is 18.5 Å². The average Bonchev–Trinajstić information content (AvgIpc) is 2.78. The Balaban J connectivity index is 2.42. The van der Waals surface area contributed by atoms with Crippen LogP contribution in [-0.2, 0) is 11.3 Å². The van der Waals surface area contributed by atoms with Gasteiger partial charge in [0.15, 0.2) is 0 Å². The lowest BCUT2D eigenvalue weighted by molar-refractivity contribution is -0.121. The molecule has 4 nitrogen and oxygen atoms in total. The van der Waals surface area contributed by atoms with Crippen LogP contribution in [0.3, 0.4) is 0 Å². The highest BCUT2D eigenvalue weighted by atomic mass is 16.1. The molecule has 108 valence electrons. The number of rotatable bonds is 8. The largest absolute Gasteiger partial charge is 0.355 e. The number of amides is 1. The van der Waals surface area contributed by atoms with Gasteiger partial charge in [-0.15, -0.1) is 0 Å². The molecular formula is C15H27N3O. The first-order valence-electron chi connectivity index (χ1n) is 7.16. The van der Waals surface area contributed by atoms with Crippen LogP contribution in [0.2, 0.25) is 0 Å². The number of carbonyl (C=O) groups excluding carboxylic acids is 1. The molecule has 1 aromatic heterocycles. The Hall–Kier alpha value is -1.29. The molecule has 0 bridgehead atoms. The molecule has 0 spiro atoms. The first-order valence-corrected chi connectivity index (χ1v) is 7.16. The number of hydrogen-bond acceptors (Lipinski definition) is 2. The lowest BCUT2D eigenvalue weighted by Crippen LogP contribution is -2.28. The van der Waals surface area contributed by atoms with Crippen LogP contribution >= 0.6 is 0 Å². The molecule has 0 aliphatic heterocycles. The fourth-order valence-electron chi connectivity index (χ4n) is 2.09. The SMILES string of the molecule is CCC(NC)c1ccn(CC(=O)NCCC(C)C)c1. The van der Waals surface area contributed by atoms with Crippen molar-refractivity contribution in [3.05, 3.63) is 24.0 Å². The molecule has 1 aromatic rings. The van der Waals surface area contributed by atoms with E-state index >= 15 is 0 Å². The van der Waals surface area contributed by atoms with Crippen molar-refractivity contribution >= 4 is 5.91 Å². The quantitative estimate of drug-likeness (QED) is 0.758. The van der Waals surface area contributed by atoms with E-state index in [2.05, 4.69) is 37.5 Å². The molecule has 1 rings (SSSR count). The maximum Gasteiger partial charge on any atom is 0.239 e. The molecule has 0 saturated heterocycles. The predicted octanol–water partition coefficient (Wildman–Crippen LogP) is 2.32. The molecule has 1 heterocycles. The van der Waals surface area contributed by atoms with E-state index in [-0.39, 0.29) is 5.91 Å². The number of hydrogen-bond donors (Lipinski definition) is 2. The van der Waals surface area contributed by atoms with Gasteiger partial charge in [-0.05, 0) is 37.4 Å². The van der Waals surface area contributed by atoms with Crippen molar-refractivity contribution in [3.8, 4) is 0 Å². The van der Waals surface area contributed by atoms with Crippen molar-refractivity contribution < 1.29 is 4.79 Å². The second-order valence-corrected chi connectivity index (χ2v) is 5.40. The van der Waals surface area contributed by atoms with Crippen LogP contribution in [0.25, 0.3) is 0 Å². The summed E-state index contributed by atoms with van der Waals surface area (Å²) in [7, 11) is 1.96. The zero-order valence-corrected chi connectivity index (χ0v) is 12.6. The van der Waals surface area contributed by atoms with Crippen molar-refractivity contribution in [3.63, 3.8) is 0 Å². The second kappa shape index (κ2) is 8.00. The van der Waals surface area contributed by atoms with E-state index in [0.717, 1.165) is 19.4 Å². The zero-order valence-electron chi connectivity index (χ0n) is 12.6. The van der Waals surface area contributed by atoms with E-state index in [1.807, 2.05) is 24.0 Å². The monoisotopic (exact) mass is 265 g/mol. The zero-order chi connectivity index (χ0) is 14.3. The highest BCUT2D eigenvalue weighted by molar-refractivity contribution is 5.75. The number of carbonyl (C=O) groups is 1. The van der Waals surface area contributed by atoms with E-state index in [1.54, 1.807) is 0 Å².